The molecule has 248 valence electrons. The third-order valence-electron chi connectivity index (χ3n) is 8.39. The lowest BCUT2D eigenvalue weighted by atomic mass is 9.86. The lowest BCUT2D eigenvalue weighted by molar-refractivity contribution is -0.137. The quantitative estimate of drug-likeness (QED) is 0.310. The van der Waals surface area contributed by atoms with E-state index in [9.17, 15) is 36.3 Å². The molecule has 2 amide bonds. The highest BCUT2D eigenvalue weighted by Gasteiger charge is 2.34. The second kappa shape index (κ2) is 14.6. The first-order valence-electron chi connectivity index (χ1n) is 15.0. The van der Waals surface area contributed by atoms with Crippen molar-refractivity contribution in [1.82, 2.24) is 20.2 Å². The summed E-state index contributed by atoms with van der Waals surface area (Å²) in [7, 11) is -1.69. The van der Waals surface area contributed by atoms with Gasteiger partial charge in [0.2, 0.25) is 11.9 Å². The molecule has 46 heavy (non-hydrogen) atoms. The molecule has 3 aromatic rings. The van der Waals surface area contributed by atoms with Crippen LogP contribution in [-0.2, 0) is 20.8 Å². The Labute approximate surface area is 266 Å². The smallest absolute Gasteiger partial charge is 0.394 e. The van der Waals surface area contributed by atoms with Crippen LogP contribution in [0.15, 0.2) is 65.8 Å². The van der Waals surface area contributed by atoms with E-state index in [-0.39, 0.29) is 46.4 Å². The number of carbonyl (C=O) groups excluding carboxylic acids is 2. The second-order valence-electron chi connectivity index (χ2n) is 11.3. The zero-order valence-electron chi connectivity index (χ0n) is 25.9. The van der Waals surface area contributed by atoms with Crippen molar-refractivity contribution < 1.29 is 36.3 Å². The van der Waals surface area contributed by atoms with Gasteiger partial charge in [-0.05, 0) is 55.2 Å². The Bertz CT molecular complexity index is 1600. The fourth-order valence-corrected chi connectivity index (χ4v) is 6.26. The summed E-state index contributed by atoms with van der Waals surface area (Å²) in [5.74, 6) is -0.530. The number of anilines is 1. The van der Waals surface area contributed by atoms with Crippen molar-refractivity contribution in [2.75, 3.05) is 37.4 Å². The maximum absolute atomic E-state index is 13.1. The lowest BCUT2D eigenvalue weighted by Gasteiger charge is -2.40. The van der Waals surface area contributed by atoms with Crippen molar-refractivity contribution in [3.8, 4) is 0 Å². The van der Waals surface area contributed by atoms with Crippen molar-refractivity contribution in [2.45, 2.75) is 62.2 Å². The first-order chi connectivity index (χ1) is 21.8. The van der Waals surface area contributed by atoms with E-state index in [0.717, 1.165) is 17.7 Å². The van der Waals surface area contributed by atoms with Gasteiger partial charge in [-0.1, -0.05) is 31.2 Å². The lowest BCUT2D eigenvalue weighted by Crippen LogP contribution is -2.46. The van der Waals surface area contributed by atoms with Crippen LogP contribution in [0.3, 0.4) is 0 Å². The average molecular weight is 662 g/mol. The number of benzene rings is 2. The van der Waals surface area contributed by atoms with Gasteiger partial charge in [-0.2, -0.15) is 13.2 Å². The highest BCUT2D eigenvalue weighted by Crippen LogP contribution is 2.35. The van der Waals surface area contributed by atoms with Gasteiger partial charge in [0.25, 0.3) is 5.91 Å². The predicted molar refractivity (Wildman–Crippen MR) is 166 cm³/mol. The molecule has 10 nitrogen and oxygen atoms in total. The summed E-state index contributed by atoms with van der Waals surface area (Å²) in [5.41, 5.74) is 0.634. The van der Waals surface area contributed by atoms with Crippen LogP contribution in [-0.4, -0.2) is 78.7 Å². The van der Waals surface area contributed by atoms with E-state index < -0.39 is 40.1 Å². The van der Waals surface area contributed by atoms with Gasteiger partial charge in [-0.3, -0.25) is 9.59 Å². The minimum absolute atomic E-state index is 0.0531. The highest BCUT2D eigenvalue weighted by molar-refractivity contribution is 7.91. The van der Waals surface area contributed by atoms with Crippen LogP contribution in [0.2, 0.25) is 0 Å². The zero-order valence-corrected chi connectivity index (χ0v) is 26.7. The fraction of sp³-hybridized carbons (Fsp3) is 0.438. The van der Waals surface area contributed by atoms with Crippen molar-refractivity contribution in [3.05, 3.63) is 83.2 Å². The maximum atomic E-state index is 13.1. The number of nitrogens with one attached hydrogen (secondary N) is 1. The predicted octanol–water partition coefficient (Wildman–Crippen LogP) is 4.37. The molecule has 0 bridgehead atoms. The molecule has 1 aromatic heterocycles. The molecule has 1 aliphatic heterocycles. The first-order valence-corrected chi connectivity index (χ1v) is 16.7. The molecule has 2 aromatic carbocycles. The molecule has 0 spiro atoms. The van der Waals surface area contributed by atoms with Gasteiger partial charge in [0.05, 0.1) is 34.4 Å². The number of halogens is 3. The average Bonchev–Trinajstić information content (AvgIpc) is 3.06. The van der Waals surface area contributed by atoms with Gasteiger partial charge >= 0.3 is 6.18 Å². The number of rotatable bonds is 11. The van der Waals surface area contributed by atoms with E-state index in [1.54, 1.807) is 18.9 Å². The summed E-state index contributed by atoms with van der Waals surface area (Å²) >= 11 is 0. The standard InChI is InChI=1S/C32H38F3N5O5S/c1-4-39(3)29(42)16-26-13-8-23(21-6-11-25(12-7-21)32(33,34)35)19-40(26)31-36-17-24(18-37-31)30(43)38-28(20-41)22-9-14-27(15-10-22)46(44,45)5-2/h6-7,9-12,14-15,17-18,23,26,28,41H,4-5,8,13,16,19-20H2,1-3H3,(H,38,43)/t23?,26-,28-/m0/s1. The summed E-state index contributed by atoms with van der Waals surface area (Å²) in [6.07, 6.45) is -0.327. The molecule has 2 heterocycles. The molecule has 0 aliphatic carbocycles. The molecule has 14 heteroatoms. The summed E-state index contributed by atoms with van der Waals surface area (Å²) < 4.78 is 63.6. The Morgan fingerprint density at radius 3 is 2.22 bits per heavy atom. The number of amides is 2. The number of aliphatic hydroxyl groups is 1. The molecule has 0 radical (unpaired) electrons. The third kappa shape index (κ3) is 8.21. The van der Waals surface area contributed by atoms with Crippen LogP contribution < -0.4 is 10.2 Å². The molecule has 2 N–H and O–H groups in total. The largest absolute Gasteiger partial charge is 0.416 e. The van der Waals surface area contributed by atoms with Gasteiger partial charge in [-0.15, -0.1) is 0 Å². The number of sulfone groups is 1. The van der Waals surface area contributed by atoms with Crippen molar-refractivity contribution in [1.29, 1.82) is 0 Å². The summed E-state index contributed by atoms with van der Waals surface area (Å²) in [5, 5.41) is 12.6. The number of hydrogen-bond donors (Lipinski definition) is 2. The third-order valence-corrected chi connectivity index (χ3v) is 10.1. The van der Waals surface area contributed by atoms with Crippen molar-refractivity contribution >= 4 is 27.6 Å². The SMILES string of the molecule is CCN(C)C(=O)C[C@@H]1CCC(c2ccc(C(F)(F)F)cc2)CN1c1ncc(C(=O)N[C@@H](CO)c2ccc(S(=O)(=O)CC)cc2)cn1. The van der Waals surface area contributed by atoms with Crippen LogP contribution in [0.1, 0.15) is 72.1 Å². The Balaban J connectivity index is 1.52. The number of aliphatic hydroxyl groups excluding tert-OH is 1. The molecule has 4 rings (SSSR count). The molecule has 1 unspecified atom stereocenters. The van der Waals surface area contributed by atoms with E-state index in [1.807, 2.05) is 11.8 Å². The van der Waals surface area contributed by atoms with Gasteiger partial charge < -0.3 is 20.2 Å². The van der Waals surface area contributed by atoms with Crippen LogP contribution in [0, 0.1) is 0 Å². The number of hydrogen-bond acceptors (Lipinski definition) is 8. The van der Waals surface area contributed by atoms with Gasteiger partial charge in [0.1, 0.15) is 0 Å². The molecular weight excluding hydrogens is 623 g/mol. The van der Waals surface area contributed by atoms with Gasteiger partial charge in [-0.25, -0.2) is 18.4 Å². The van der Waals surface area contributed by atoms with E-state index in [2.05, 4.69) is 15.3 Å². The van der Waals surface area contributed by atoms with E-state index in [4.69, 9.17) is 0 Å². The zero-order chi connectivity index (χ0) is 33.6. The topological polar surface area (TPSA) is 133 Å². The Hall–Kier alpha value is -4.04. The van der Waals surface area contributed by atoms with Crippen molar-refractivity contribution in [3.63, 3.8) is 0 Å². The van der Waals surface area contributed by atoms with E-state index in [1.165, 1.54) is 48.8 Å². The van der Waals surface area contributed by atoms with Crippen LogP contribution in [0.25, 0.3) is 0 Å². The number of piperidine rings is 1. The fourth-order valence-electron chi connectivity index (χ4n) is 5.37. The van der Waals surface area contributed by atoms with Crippen molar-refractivity contribution in [2.24, 2.45) is 0 Å². The van der Waals surface area contributed by atoms with Crippen LogP contribution in [0.5, 0.6) is 0 Å². The Kier molecular flexibility index (Phi) is 11.0. The van der Waals surface area contributed by atoms with Gasteiger partial charge in [0, 0.05) is 50.9 Å². The summed E-state index contributed by atoms with van der Waals surface area (Å²) in [6.45, 7) is 3.88. The molecule has 3 atom stereocenters. The number of nitrogens with zero attached hydrogens (tertiary/aromatic N) is 4. The first kappa shape index (κ1) is 34.8. The van der Waals surface area contributed by atoms with E-state index in [0.29, 0.717) is 31.5 Å². The monoisotopic (exact) mass is 661 g/mol. The number of aromatic nitrogens is 2. The normalized spacial score (nSPS) is 17.8. The Morgan fingerprint density at radius 1 is 1.04 bits per heavy atom. The summed E-state index contributed by atoms with van der Waals surface area (Å²) in [6, 6.07) is 9.93. The maximum Gasteiger partial charge on any atom is 0.416 e. The van der Waals surface area contributed by atoms with E-state index >= 15 is 0 Å². The number of alkyl halides is 3. The minimum Gasteiger partial charge on any atom is -0.394 e. The van der Waals surface area contributed by atoms with Gasteiger partial charge in [0.15, 0.2) is 9.84 Å². The molecule has 1 fully saturated rings. The van der Waals surface area contributed by atoms with Crippen LogP contribution in [0.4, 0.5) is 19.1 Å². The summed E-state index contributed by atoms with van der Waals surface area (Å²) in [4.78, 5) is 38.4. The highest BCUT2D eigenvalue weighted by atomic mass is 32.2. The molecular formula is C32H38F3N5O5S. The Morgan fingerprint density at radius 2 is 1.67 bits per heavy atom. The molecule has 1 saturated heterocycles. The second-order valence-corrected chi connectivity index (χ2v) is 13.5. The molecule has 1 aliphatic rings. The number of carbonyl (C=O) groups is 2. The molecule has 0 saturated carbocycles. The minimum atomic E-state index is -4.44. The van der Waals surface area contributed by atoms with Crippen LogP contribution >= 0.6 is 0 Å².